The summed E-state index contributed by atoms with van der Waals surface area (Å²) in [6, 6.07) is 0. The van der Waals surface area contributed by atoms with Crippen molar-refractivity contribution in [2.24, 2.45) is 17.8 Å². The molecule has 0 saturated heterocycles. The average molecular weight is 162 g/mol. The first-order valence-electron chi connectivity index (χ1n) is 4.63. The van der Waals surface area contributed by atoms with Gasteiger partial charge in [-0.25, -0.2) is 0 Å². The Morgan fingerprint density at radius 3 is 2.75 bits per heavy atom. The SMILES string of the molecule is CC(=O)/C=C/[C@@H]1C[C@H]2C=C[C@@H]1C2. The highest BCUT2D eigenvalue weighted by Crippen LogP contribution is 2.43. The monoisotopic (exact) mass is 162 g/mol. The Morgan fingerprint density at radius 1 is 1.42 bits per heavy atom. The molecule has 0 radical (unpaired) electrons. The largest absolute Gasteiger partial charge is 0.295 e. The third-order valence-electron chi connectivity index (χ3n) is 2.91. The number of carbonyl (C=O) groups excluding carboxylic acids is 1. The summed E-state index contributed by atoms with van der Waals surface area (Å²) >= 11 is 0. The van der Waals surface area contributed by atoms with Crippen LogP contribution in [0.15, 0.2) is 24.3 Å². The molecular weight excluding hydrogens is 148 g/mol. The molecule has 0 amide bonds. The van der Waals surface area contributed by atoms with Crippen LogP contribution in [0.4, 0.5) is 0 Å². The molecule has 3 atom stereocenters. The highest BCUT2D eigenvalue weighted by atomic mass is 16.1. The van der Waals surface area contributed by atoms with E-state index in [9.17, 15) is 4.79 Å². The highest BCUT2D eigenvalue weighted by molar-refractivity contribution is 5.87. The summed E-state index contributed by atoms with van der Waals surface area (Å²) in [4.78, 5) is 10.7. The molecule has 1 heteroatoms. The van der Waals surface area contributed by atoms with Crippen molar-refractivity contribution >= 4 is 5.78 Å². The van der Waals surface area contributed by atoms with E-state index in [0.717, 1.165) is 11.8 Å². The van der Waals surface area contributed by atoms with E-state index < -0.39 is 0 Å². The van der Waals surface area contributed by atoms with Crippen LogP contribution in [0.5, 0.6) is 0 Å². The number of hydrogen-bond acceptors (Lipinski definition) is 1. The minimum atomic E-state index is 0.168. The molecule has 0 spiro atoms. The molecule has 0 aliphatic heterocycles. The molecule has 2 aliphatic rings. The van der Waals surface area contributed by atoms with Crippen LogP contribution < -0.4 is 0 Å². The van der Waals surface area contributed by atoms with Crippen LogP contribution in [-0.2, 0) is 4.79 Å². The van der Waals surface area contributed by atoms with Crippen molar-refractivity contribution in [1.29, 1.82) is 0 Å². The fourth-order valence-corrected chi connectivity index (χ4v) is 2.30. The van der Waals surface area contributed by atoms with Crippen molar-refractivity contribution in [1.82, 2.24) is 0 Å². The van der Waals surface area contributed by atoms with E-state index in [-0.39, 0.29) is 5.78 Å². The zero-order chi connectivity index (χ0) is 8.55. The Kier molecular flexibility index (Phi) is 1.87. The maximum atomic E-state index is 10.7. The molecule has 1 fully saturated rings. The topological polar surface area (TPSA) is 17.1 Å². The minimum Gasteiger partial charge on any atom is -0.295 e. The van der Waals surface area contributed by atoms with Gasteiger partial charge in [0.15, 0.2) is 5.78 Å². The maximum absolute atomic E-state index is 10.7. The predicted octanol–water partition coefficient (Wildman–Crippen LogP) is 2.34. The van der Waals surface area contributed by atoms with E-state index in [2.05, 4.69) is 18.2 Å². The van der Waals surface area contributed by atoms with Gasteiger partial charge in [0.2, 0.25) is 0 Å². The van der Waals surface area contributed by atoms with E-state index in [4.69, 9.17) is 0 Å². The van der Waals surface area contributed by atoms with E-state index >= 15 is 0 Å². The smallest absolute Gasteiger partial charge is 0.152 e. The normalized spacial score (nSPS) is 38.2. The molecule has 1 saturated carbocycles. The lowest BCUT2D eigenvalue weighted by molar-refractivity contribution is -0.112. The molecule has 0 aromatic heterocycles. The molecular formula is C11H14O. The second kappa shape index (κ2) is 2.89. The van der Waals surface area contributed by atoms with Gasteiger partial charge in [-0.15, -0.1) is 0 Å². The summed E-state index contributed by atoms with van der Waals surface area (Å²) in [5.41, 5.74) is 0. The molecule has 2 aliphatic carbocycles. The van der Waals surface area contributed by atoms with Gasteiger partial charge in [-0.05, 0) is 43.6 Å². The van der Waals surface area contributed by atoms with Crippen LogP contribution in [0.25, 0.3) is 0 Å². The zero-order valence-electron chi connectivity index (χ0n) is 7.36. The maximum Gasteiger partial charge on any atom is 0.152 e. The molecule has 2 bridgehead atoms. The third kappa shape index (κ3) is 1.36. The molecule has 0 aromatic rings. The number of fused-ring (bicyclic) bond motifs is 2. The van der Waals surface area contributed by atoms with E-state index in [0.29, 0.717) is 5.92 Å². The Hall–Kier alpha value is -0.850. The van der Waals surface area contributed by atoms with Gasteiger partial charge in [0, 0.05) is 0 Å². The highest BCUT2D eigenvalue weighted by Gasteiger charge is 2.33. The first-order valence-corrected chi connectivity index (χ1v) is 4.63. The van der Waals surface area contributed by atoms with Crippen LogP contribution in [0, 0.1) is 17.8 Å². The Bertz CT molecular complexity index is 250. The first-order chi connectivity index (χ1) is 5.75. The van der Waals surface area contributed by atoms with E-state index in [1.807, 2.05) is 0 Å². The second-order valence-electron chi connectivity index (χ2n) is 3.91. The fraction of sp³-hybridized carbons (Fsp3) is 0.545. The predicted molar refractivity (Wildman–Crippen MR) is 48.7 cm³/mol. The molecule has 0 aromatic carbocycles. The molecule has 64 valence electrons. The van der Waals surface area contributed by atoms with Crippen molar-refractivity contribution < 1.29 is 4.79 Å². The van der Waals surface area contributed by atoms with Gasteiger partial charge in [0.05, 0.1) is 0 Å². The van der Waals surface area contributed by atoms with Crippen LogP contribution >= 0.6 is 0 Å². The van der Waals surface area contributed by atoms with Gasteiger partial charge in [0.25, 0.3) is 0 Å². The Morgan fingerprint density at radius 2 is 2.25 bits per heavy atom. The summed E-state index contributed by atoms with van der Waals surface area (Å²) in [6.07, 6.45) is 11.0. The Balaban J connectivity index is 1.99. The minimum absolute atomic E-state index is 0.168. The van der Waals surface area contributed by atoms with Gasteiger partial charge < -0.3 is 0 Å². The van der Waals surface area contributed by atoms with Gasteiger partial charge in [-0.1, -0.05) is 18.2 Å². The molecule has 0 N–H and O–H groups in total. The lowest BCUT2D eigenvalue weighted by atomic mass is 9.93. The summed E-state index contributed by atoms with van der Waals surface area (Å²) in [7, 11) is 0. The number of allylic oxidation sites excluding steroid dienone is 4. The summed E-state index contributed by atoms with van der Waals surface area (Å²) in [5, 5.41) is 0. The van der Waals surface area contributed by atoms with E-state index in [1.165, 1.54) is 12.8 Å². The third-order valence-corrected chi connectivity index (χ3v) is 2.91. The summed E-state index contributed by atoms with van der Waals surface area (Å²) < 4.78 is 0. The molecule has 12 heavy (non-hydrogen) atoms. The van der Waals surface area contributed by atoms with Crippen LogP contribution in [0.1, 0.15) is 19.8 Å². The van der Waals surface area contributed by atoms with Crippen molar-refractivity contribution in [2.75, 3.05) is 0 Å². The molecule has 0 heterocycles. The summed E-state index contributed by atoms with van der Waals surface area (Å²) in [5.74, 6) is 2.34. The van der Waals surface area contributed by atoms with Gasteiger partial charge >= 0.3 is 0 Å². The van der Waals surface area contributed by atoms with Crippen molar-refractivity contribution in [3.63, 3.8) is 0 Å². The number of carbonyl (C=O) groups is 1. The lowest BCUT2D eigenvalue weighted by Gasteiger charge is -2.12. The molecule has 2 rings (SSSR count). The first kappa shape index (κ1) is 7.78. The quantitative estimate of drug-likeness (QED) is 0.450. The van der Waals surface area contributed by atoms with Crippen LogP contribution in [0.3, 0.4) is 0 Å². The average Bonchev–Trinajstić information content (AvgIpc) is 2.60. The second-order valence-corrected chi connectivity index (χ2v) is 3.91. The number of rotatable bonds is 2. The lowest BCUT2D eigenvalue weighted by Crippen LogP contribution is -2.03. The zero-order valence-corrected chi connectivity index (χ0v) is 7.36. The van der Waals surface area contributed by atoms with Crippen molar-refractivity contribution in [2.45, 2.75) is 19.8 Å². The van der Waals surface area contributed by atoms with Gasteiger partial charge in [-0.3, -0.25) is 4.79 Å². The number of ketones is 1. The standard InChI is InChI=1S/C11H14O/c1-8(12)2-4-10-6-9-3-5-11(10)7-9/h2-5,9-11H,6-7H2,1H3/b4-2+/t9-,10-,11-/m1/s1. The van der Waals surface area contributed by atoms with Gasteiger partial charge in [-0.2, -0.15) is 0 Å². The van der Waals surface area contributed by atoms with E-state index in [1.54, 1.807) is 13.0 Å². The number of hydrogen-bond donors (Lipinski definition) is 0. The molecule has 1 nitrogen and oxygen atoms in total. The van der Waals surface area contributed by atoms with Crippen LogP contribution in [0.2, 0.25) is 0 Å². The summed E-state index contributed by atoms with van der Waals surface area (Å²) in [6.45, 7) is 1.61. The van der Waals surface area contributed by atoms with Crippen molar-refractivity contribution in [3.8, 4) is 0 Å². The molecule has 0 unspecified atom stereocenters. The van der Waals surface area contributed by atoms with Crippen LogP contribution in [-0.4, -0.2) is 5.78 Å². The Labute approximate surface area is 73.2 Å². The van der Waals surface area contributed by atoms with Crippen molar-refractivity contribution in [3.05, 3.63) is 24.3 Å². The fourth-order valence-electron chi connectivity index (χ4n) is 2.30. The van der Waals surface area contributed by atoms with Gasteiger partial charge in [0.1, 0.15) is 0 Å².